The van der Waals surface area contributed by atoms with Crippen molar-refractivity contribution in [2.24, 2.45) is 4.99 Å². The molecule has 4 rings (SSSR count). The molecule has 210 valence electrons. The first-order valence-corrected chi connectivity index (χ1v) is 14.8. The zero-order chi connectivity index (χ0) is 29.0. The molecule has 0 aliphatic heterocycles. The van der Waals surface area contributed by atoms with Gasteiger partial charge in [0.05, 0.1) is 18.8 Å². The second-order valence-corrected chi connectivity index (χ2v) is 11.4. The Hall–Kier alpha value is -3.58. The number of nitrogens with zero attached hydrogens (tertiary/aromatic N) is 1. The highest BCUT2D eigenvalue weighted by atomic mass is 32.1. The Balaban J connectivity index is 1.70. The van der Waals surface area contributed by atoms with E-state index in [0.29, 0.717) is 5.00 Å². The highest BCUT2D eigenvalue weighted by molar-refractivity contribution is 7.16. The van der Waals surface area contributed by atoms with Crippen molar-refractivity contribution in [3.63, 3.8) is 0 Å². The van der Waals surface area contributed by atoms with Gasteiger partial charge in [-0.3, -0.25) is 0 Å². The van der Waals surface area contributed by atoms with Gasteiger partial charge in [-0.05, 0) is 85.4 Å². The molecule has 2 aromatic carbocycles. The average molecular weight is 560 g/mol. The van der Waals surface area contributed by atoms with Gasteiger partial charge in [-0.2, -0.15) is 0 Å². The van der Waals surface area contributed by atoms with Crippen LogP contribution in [0.1, 0.15) is 108 Å². The normalized spacial score (nSPS) is 14.3. The lowest BCUT2D eigenvalue weighted by molar-refractivity contribution is -0.112. The lowest BCUT2D eigenvalue weighted by Gasteiger charge is -2.22. The molecule has 7 heteroatoms. The fraction of sp³-hybridized carbons (Fsp3) is 0.394. The predicted molar refractivity (Wildman–Crippen MR) is 161 cm³/mol. The molecule has 0 saturated heterocycles. The van der Waals surface area contributed by atoms with E-state index in [1.807, 2.05) is 33.8 Å². The van der Waals surface area contributed by atoms with E-state index < -0.39 is 17.4 Å². The number of thiophene rings is 1. The van der Waals surface area contributed by atoms with Crippen LogP contribution in [0.15, 0.2) is 41.4 Å². The molecular formula is C33H37NO5S. The van der Waals surface area contributed by atoms with Gasteiger partial charge in [-0.15, -0.1) is 11.3 Å². The Morgan fingerprint density at radius 1 is 0.975 bits per heavy atom. The third kappa shape index (κ3) is 5.52. The zero-order valence-corrected chi connectivity index (χ0v) is 24.9. The van der Waals surface area contributed by atoms with Crippen molar-refractivity contribution in [3.8, 4) is 11.1 Å². The van der Waals surface area contributed by atoms with Crippen LogP contribution in [0.3, 0.4) is 0 Å². The summed E-state index contributed by atoms with van der Waals surface area (Å²) in [6.07, 6.45) is 5.10. The zero-order valence-electron chi connectivity index (χ0n) is 24.1. The van der Waals surface area contributed by atoms with Crippen LogP contribution in [-0.4, -0.2) is 37.7 Å². The van der Waals surface area contributed by atoms with Crippen LogP contribution >= 0.6 is 11.3 Å². The summed E-state index contributed by atoms with van der Waals surface area (Å²) in [7, 11) is 0. The number of ether oxygens (including phenoxy) is 2. The van der Waals surface area contributed by atoms with Gasteiger partial charge < -0.3 is 14.3 Å². The molecule has 0 fully saturated rings. The van der Waals surface area contributed by atoms with Gasteiger partial charge in [0, 0.05) is 16.5 Å². The third-order valence-corrected chi connectivity index (χ3v) is 9.16. The Morgan fingerprint density at radius 3 is 2.20 bits per heavy atom. The minimum atomic E-state index is -0.571. The molecule has 0 bridgehead atoms. The molecule has 1 aromatic heterocycles. The van der Waals surface area contributed by atoms with Crippen molar-refractivity contribution in [1.29, 1.82) is 0 Å². The highest BCUT2D eigenvalue weighted by Gasteiger charge is 2.32. The summed E-state index contributed by atoms with van der Waals surface area (Å²) in [4.78, 5) is 43.3. The minimum Gasteiger partial charge on any atom is -0.462 e. The van der Waals surface area contributed by atoms with Gasteiger partial charge in [-0.25, -0.2) is 14.6 Å². The first-order chi connectivity index (χ1) is 19.2. The Kier molecular flexibility index (Phi) is 9.04. The Labute approximate surface area is 240 Å². The van der Waals surface area contributed by atoms with E-state index in [0.717, 1.165) is 41.6 Å². The maximum absolute atomic E-state index is 13.0. The van der Waals surface area contributed by atoms with E-state index in [-0.39, 0.29) is 30.3 Å². The van der Waals surface area contributed by atoms with Gasteiger partial charge in [0.15, 0.2) is 0 Å². The maximum atomic E-state index is 13.0. The van der Waals surface area contributed by atoms with Gasteiger partial charge in [0.1, 0.15) is 16.9 Å². The van der Waals surface area contributed by atoms with Crippen molar-refractivity contribution in [2.45, 2.75) is 72.1 Å². The summed E-state index contributed by atoms with van der Waals surface area (Å²) >= 11 is 1.34. The molecule has 0 N–H and O–H groups in total. The molecule has 0 radical (unpaired) electrons. The first-order valence-electron chi connectivity index (χ1n) is 14.0. The van der Waals surface area contributed by atoms with E-state index >= 15 is 0 Å². The molecule has 0 saturated carbocycles. The van der Waals surface area contributed by atoms with E-state index in [1.54, 1.807) is 20.1 Å². The van der Waals surface area contributed by atoms with Gasteiger partial charge in [0.25, 0.3) is 0 Å². The minimum absolute atomic E-state index is 0.0544. The summed E-state index contributed by atoms with van der Waals surface area (Å²) in [5.41, 5.74) is 6.64. The fourth-order valence-electron chi connectivity index (χ4n) is 5.01. The van der Waals surface area contributed by atoms with Gasteiger partial charge in [0.2, 0.25) is 0 Å². The predicted octanol–water partition coefficient (Wildman–Crippen LogP) is 7.80. The number of aldehydes is 1. The highest BCUT2D eigenvalue weighted by Crippen LogP contribution is 2.42. The van der Waals surface area contributed by atoms with Crippen LogP contribution in [0, 0.1) is 0 Å². The van der Waals surface area contributed by atoms with E-state index in [4.69, 9.17) is 14.5 Å². The summed E-state index contributed by atoms with van der Waals surface area (Å²) in [5.74, 6) is -1.04. The number of hydrogen-bond donors (Lipinski definition) is 0. The number of rotatable bonds is 11. The van der Waals surface area contributed by atoms with Crippen molar-refractivity contribution >= 4 is 40.8 Å². The molecule has 2 atom stereocenters. The van der Waals surface area contributed by atoms with Crippen LogP contribution in [-0.2, 0) is 26.1 Å². The molecule has 1 aliphatic rings. The quantitative estimate of drug-likeness (QED) is 0.106. The largest absolute Gasteiger partial charge is 0.462 e. The summed E-state index contributed by atoms with van der Waals surface area (Å²) < 4.78 is 10.6. The summed E-state index contributed by atoms with van der Waals surface area (Å²) in [6.45, 7) is 12.0. The Bertz CT molecular complexity index is 1470. The molecular weight excluding hydrogens is 522 g/mol. The summed E-state index contributed by atoms with van der Waals surface area (Å²) in [6, 6.07) is 12.5. The monoisotopic (exact) mass is 559 g/mol. The molecule has 3 aromatic rings. The van der Waals surface area contributed by atoms with Crippen LogP contribution in [0.4, 0.5) is 5.00 Å². The number of hydrogen-bond acceptors (Lipinski definition) is 7. The molecule has 6 nitrogen and oxygen atoms in total. The third-order valence-electron chi connectivity index (χ3n) is 7.83. The van der Waals surface area contributed by atoms with E-state index in [9.17, 15) is 14.4 Å². The van der Waals surface area contributed by atoms with Crippen molar-refractivity contribution in [3.05, 3.63) is 74.7 Å². The second kappa shape index (κ2) is 12.3. The van der Waals surface area contributed by atoms with Crippen molar-refractivity contribution in [2.75, 3.05) is 13.2 Å². The number of aliphatic imine (C=N–C) groups is 1. The number of carbonyl (C=O) groups excluding carboxylic acids is 3. The number of benzene rings is 2. The SMILES string of the molecule is CCOC(=O)c1c(N=Cc2ccc3c(c2)Cc2cc(C(C)(C=O)CC)ccc2-3)sc(C(C)CC)c1C(=O)OCC. The lowest BCUT2D eigenvalue weighted by Crippen LogP contribution is -2.22. The van der Waals surface area contributed by atoms with Crippen LogP contribution in [0.5, 0.6) is 0 Å². The first kappa shape index (κ1) is 29.4. The van der Waals surface area contributed by atoms with Crippen LogP contribution in [0.2, 0.25) is 0 Å². The fourth-order valence-corrected chi connectivity index (χ4v) is 6.27. The van der Waals surface area contributed by atoms with Crippen LogP contribution < -0.4 is 0 Å². The lowest BCUT2D eigenvalue weighted by atomic mass is 9.80. The molecule has 2 unspecified atom stereocenters. The standard InChI is InChI=1S/C33H37NO5S/c1-7-20(5)29-27(31(36)38-9-3)28(32(37)39-10-4)30(40-29)34-18-21-11-13-25-22(15-21)16-23-17-24(12-14-26(23)25)33(6,8-2)19-35/h11-15,17-20H,7-10,16H2,1-6H3. The van der Waals surface area contributed by atoms with Crippen molar-refractivity contribution in [1.82, 2.24) is 0 Å². The molecule has 0 spiro atoms. The van der Waals surface area contributed by atoms with Crippen molar-refractivity contribution < 1.29 is 23.9 Å². The number of esters is 2. The van der Waals surface area contributed by atoms with Crippen LogP contribution in [0.25, 0.3) is 11.1 Å². The van der Waals surface area contributed by atoms with Gasteiger partial charge >= 0.3 is 11.9 Å². The van der Waals surface area contributed by atoms with E-state index in [2.05, 4.69) is 30.3 Å². The smallest absolute Gasteiger partial charge is 0.342 e. The topological polar surface area (TPSA) is 82.0 Å². The molecule has 1 aliphatic carbocycles. The average Bonchev–Trinajstić information content (AvgIpc) is 3.53. The summed E-state index contributed by atoms with van der Waals surface area (Å²) in [5, 5.41) is 0.443. The molecule has 40 heavy (non-hydrogen) atoms. The maximum Gasteiger partial charge on any atom is 0.342 e. The van der Waals surface area contributed by atoms with E-state index in [1.165, 1.54) is 33.6 Å². The molecule has 0 amide bonds. The van der Waals surface area contributed by atoms with Gasteiger partial charge in [-0.1, -0.05) is 51.1 Å². The number of fused-ring (bicyclic) bond motifs is 3. The number of carbonyl (C=O) groups is 3. The Morgan fingerprint density at radius 2 is 1.60 bits per heavy atom. The second-order valence-electron chi connectivity index (χ2n) is 10.4. The molecule has 1 heterocycles.